The molecule has 5 rings (SSSR count). The van der Waals surface area contributed by atoms with Gasteiger partial charge in [-0.3, -0.25) is 15.0 Å². The van der Waals surface area contributed by atoms with Crippen LogP contribution in [0.1, 0.15) is 18.2 Å². The highest BCUT2D eigenvalue weighted by atomic mass is 19.1. The maximum atomic E-state index is 14.9. The van der Waals surface area contributed by atoms with E-state index in [1.807, 2.05) is 20.2 Å². The van der Waals surface area contributed by atoms with Crippen LogP contribution in [-0.4, -0.2) is 35.7 Å². The van der Waals surface area contributed by atoms with Crippen LogP contribution in [0.4, 0.5) is 20.7 Å². The van der Waals surface area contributed by atoms with Crippen LogP contribution in [0, 0.1) is 5.82 Å². The first-order valence-electron chi connectivity index (χ1n) is 12.2. The average molecular weight is 528 g/mol. The predicted molar refractivity (Wildman–Crippen MR) is 144 cm³/mol. The van der Waals surface area contributed by atoms with Crippen LogP contribution in [0.15, 0.2) is 79.3 Å². The highest BCUT2D eigenvalue weighted by Gasteiger charge is 2.14. The topological polar surface area (TPSA) is 119 Å². The summed E-state index contributed by atoms with van der Waals surface area (Å²) in [6, 6.07) is 15.8. The van der Waals surface area contributed by atoms with Crippen LogP contribution in [-0.2, 0) is 20.1 Å². The number of rotatable bonds is 8. The number of carbonyl (C=O) groups excluding carboxylic acids is 1. The molecule has 0 atom stereocenters. The molecule has 0 radical (unpaired) electrons. The monoisotopic (exact) mass is 527 g/mol. The first-order valence-corrected chi connectivity index (χ1v) is 12.2. The second-order valence-corrected chi connectivity index (χ2v) is 8.71. The Bertz CT molecular complexity index is 1610. The van der Waals surface area contributed by atoms with Crippen molar-refractivity contribution in [2.24, 2.45) is 7.05 Å². The average Bonchev–Trinajstić information content (AvgIpc) is 3.56. The number of urea groups is 1. The van der Waals surface area contributed by atoms with Crippen molar-refractivity contribution in [2.45, 2.75) is 20.0 Å². The summed E-state index contributed by atoms with van der Waals surface area (Å²) in [6.45, 7) is 1.88. The lowest BCUT2D eigenvalue weighted by Gasteiger charge is -2.12. The zero-order valence-corrected chi connectivity index (χ0v) is 21.3. The van der Waals surface area contributed by atoms with Gasteiger partial charge in [0.05, 0.1) is 35.6 Å². The third-order valence-electron chi connectivity index (χ3n) is 5.88. The van der Waals surface area contributed by atoms with Gasteiger partial charge in [0.25, 0.3) is 0 Å². The van der Waals surface area contributed by atoms with E-state index in [-0.39, 0.29) is 18.0 Å². The third kappa shape index (κ3) is 5.94. The summed E-state index contributed by atoms with van der Waals surface area (Å²) in [5.41, 5.74) is 3.72. The van der Waals surface area contributed by atoms with Crippen molar-refractivity contribution < 1.29 is 19.0 Å². The molecule has 198 valence electrons. The predicted octanol–water partition coefficient (Wildman–Crippen LogP) is 5.30. The quantitative estimate of drug-likeness (QED) is 0.252. The number of ether oxygens (including phenoxy) is 1. The highest BCUT2D eigenvalue weighted by Crippen LogP contribution is 2.28. The number of benzene rings is 2. The van der Waals surface area contributed by atoms with Gasteiger partial charge >= 0.3 is 6.03 Å². The lowest BCUT2D eigenvalue weighted by Crippen LogP contribution is -2.22. The molecule has 0 aliphatic rings. The molecular weight excluding hydrogens is 501 g/mol. The summed E-state index contributed by atoms with van der Waals surface area (Å²) in [4.78, 5) is 17.1. The van der Waals surface area contributed by atoms with Crippen LogP contribution < -0.4 is 15.4 Å². The summed E-state index contributed by atoms with van der Waals surface area (Å²) in [7, 11) is 1.82. The van der Waals surface area contributed by atoms with Gasteiger partial charge in [-0.2, -0.15) is 10.2 Å². The molecule has 3 N–H and O–H groups in total. The van der Waals surface area contributed by atoms with E-state index < -0.39 is 11.8 Å². The number of hydrogen-bond acceptors (Lipinski definition) is 6. The Morgan fingerprint density at radius 3 is 2.54 bits per heavy atom. The molecule has 0 bridgehead atoms. The van der Waals surface area contributed by atoms with Gasteiger partial charge in [-0.1, -0.05) is 19.1 Å². The number of aryl methyl sites for hydroxylation is 2. The summed E-state index contributed by atoms with van der Waals surface area (Å²) in [5, 5.41) is 23.2. The zero-order valence-electron chi connectivity index (χ0n) is 21.3. The number of hydrogen-bond donors (Lipinski definition) is 3. The Balaban J connectivity index is 1.27. The van der Waals surface area contributed by atoms with Gasteiger partial charge in [-0.25, -0.2) is 13.9 Å². The van der Waals surface area contributed by atoms with Gasteiger partial charge in [0.1, 0.15) is 23.1 Å². The Labute approximate surface area is 223 Å². The molecule has 5 aromatic rings. The molecule has 0 saturated heterocycles. The highest BCUT2D eigenvalue weighted by molar-refractivity contribution is 5.99. The lowest BCUT2D eigenvalue weighted by atomic mass is 10.2. The molecule has 0 saturated carbocycles. The van der Waals surface area contributed by atoms with E-state index >= 15 is 0 Å². The van der Waals surface area contributed by atoms with Crippen molar-refractivity contribution in [1.29, 1.82) is 0 Å². The SMILES string of the molecule is CCc1cc(NC(=O)Nc2ccc(Oc3ccnc(-c4cnn(C)c4)c3)cc2F)n(-c2ccc(CO)cc2)n1. The third-order valence-corrected chi connectivity index (χ3v) is 5.88. The fraction of sp³-hybridized carbons (Fsp3) is 0.143. The number of anilines is 2. The first-order chi connectivity index (χ1) is 18.9. The van der Waals surface area contributed by atoms with E-state index in [4.69, 9.17) is 4.74 Å². The molecule has 3 heterocycles. The van der Waals surface area contributed by atoms with Crippen LogP contribution in [0.25, 0.3) is 16.9 Å². The minimum absolute atomic E-state index is 0.0142. The van der Waals surface area contributed by atoms with Gasteiger partial charge in [-0.05, 0) is 42.3 Å². The maximum absolute atomic E-state index is 14.9. The number of carbonyl (C=O) groups is 1. The fourth-order valence-electron chi connectivity index (χ4n) is 3.88. The minimum Gasteiger partial charge on any atom is -0.457 e. The Morgan fingerprint density at radius 2 is 1.85 bits per heavy atom. The normalized spacial score (nSPS) is 10.9. The van der Waals surface area contributed by atoms with Gasteiger partial charge in [-0.15, -0.1) is 0 Å². The van der Waals surface area contributed by atoms with E-state index in [9.17, 15) is 14.3 Å². The number of amides is 2. The lowest BCUT2D eigenvalue weighted by molar-refractivity contribution is 0.262. The van der Waals surface area contributed by atoms with E-state index in [2.05, 4.69) is 25.8 Å². The molecule has 2 aromatic carbocycles. The number of halogens is 1. The molecule has 2 amide bonds. The van der Waals surface area contributed by atoms with Crippen molar-refractivity contribution in [1.82, 2.24) is 24.5 Å². The van der Waals surface area contributed by atoms with Crippen LogP contribution >= 0.6 is 0 Å². The van der Waals surface area contributed by atoms with Crippen LogP contribution in [0.2, 0.25) is 0 Å². The number of nitrogens with one attached hydrogen (secondary N) is 2. The number of aliphatic hydroxyl groups is 1. The van der Waals surface area contributed by atoms with E-state index in [1.165, 1.54) is 12.1 Å². The van der Waals surface area contributed by atoms with E-state index in [0.717, 1.165) is 16.8 Å². The number of pyridine rings is 1. The van der Waals surface area contributed by atoms with Crippen molar-refractivity contribution in [3.63, 3.8) is 0 Å². The number of aromatic nitrogens is 5. The van der Waals surface area contributed by atoms with Gasteiger partial charge in [0.15, 0.2) is 0 Å². The van der Waals surface area contributed by atoms with Crippen molar-refractivity contribution >= 4 is 17.5 Å². The Hall–Kier alpha value is -5.03. The molecule has 0 aliphatic carbocycles. The molecule has 0 unspecified atom stereocenters. The van der Waals surface area contributed by atoms with E-state index in [0.29, 0.717) is 29.4 Å². The van der Waals surface area contributed by atoms with Crippen molar-refractivity contribution in [3.05, 3.63) is 96.3 Å². The second kappa shape index (κ2) is 11.2. The summed E-state index contributed by atoms with van der Waals surface area (Å²) in [6.07, 6.45) is 5.79. The standard InChI is InChI=1S/C28H26FN7O3/c1-3-20-12-27(36(34-20)21-6-4-18(17-37)5-7-21)33-28(38)32-25-9-8-22(13-24(25)29)39-23-10-11-30-26(14-23)19-15-31-35(2)16-19/h4-16,37H,3,17H2,1-2H3,(H2,32,33,38). The molecule has 10 nitrogen and oxygen atoms in total. The summed E-state index contributed by atoms with van der Waals surface area (Å²) in [5.74, 6) is 0.502. The van der Waals surface area contributed by atoms with Gasteiger partial charge in [0, 0.05) is 43.2 Å². The maximum Gasteiger partial charge on any atom is 0.324 e. The number of nitrogens with zero attached hydrogens (tertiary/aromatic N) is 5. The van der Waals surface area contributed by atoms with Crippen molar-refractivity contribution in [3.8, 4) is 28.4 Å². The second-order valence-electron chi connectivity index (χ2n) is 8.71. The largest absolute Gasteiger partial charge is 0.457 e. The molecule has 3 aromatic heterocycles. The minimum atomic E-state index is -0.661. The van der Waals surface area contributed by atoms with Gasteiger partial charge < -0.3 is 15.2 Å². The summed E-state index contributed by atoms with van der Waals surface area (Å²) >= 11 is 0. The Kier molecular flexibility index (Phi) is 7.32. The smallest absolute Gasteiger partial charge is 0.324 e. The molecule has 0 aliphatic heterocycles. The fourth-order valence-corrected chi connectivity index (χ4v) is 3.88. The number of aliphatic hydroxyl groups excluding tert-OH is 1. The summed E-state index contributed by atoms with van der Waals surface area (Å²) < 4.78 is 24.0. The molecule has 39 heavy (non-hydrogen) atoms. The molecule has 0 spiro atoms. The zero-order chi connectivity index (χ0) is 27.4. The molecular formula is C28H26FN7O3. The molecule has 0 fully saturated rings. The van der Waals surface area contributed by atoms with Crippen LogP contribution in [0.3, 0.4) is 0 Å². The van der Waals surface area contributed by atoms with Gasteiger partial charge in [0.2, 0.25) is 0 Å². The van der Waals surface area contributed by atoms with Crippen molar-refractivity contribution in [2.75, 3.05) is 10.6 Å². The Morgan fingerprint density at radius 1 is 1.05 bits per heavy atom. The first kappa shape index (κ1) is 25.6. The van der Waals surface area contributed by atoms with Crippen LogP contribution in [0.5, 0.6) is 11.5 Å². The van der Waals surface area contributed by atoms with E-state index in [1.54, 1.807) is 70.3 Å². The molecule has 11 heteroatoms.